The van der Waals surface area contributed by atoms with Gasteiger partial charge in [-0.2, -0.15) is 0 Å². The van der Waals surface area contributed by atoms with Crippen molar-refractivity contribution in [3.8, 4) is 0 Å². The molecule has 0 bridgehead atoms. The van der Waals surface area contributed by atoms with Gasteiger partial charge in [0.25, 0.3) is 11.8 Å². The first-order chi connectivity index (χ1) is 13.9. The van der Waals surface area contributed by atoms with Crippen LogP contribution in [0.1, 0.15) is 45.1 Å². The molecule has 3 amide bonds. The molecule has 3 heterocycles. The Labute approximate surface area is 168 Å². The number of carbonyl (C=O) groups is 3. The number of nitrogens with zero attached hydrogens (tertiary/aromatic N) is 1. The van der Waals surface area contributed by atoms with Gasteiger partial charge in [-0.1, -0.05) is 12.1 Å². The van der Waals surface area contributed by atoms with Crippen molar-refractivity contribution in [2.75, 3.05) is 25.0 Å². The predicted octanol–water partition coefficient (Wildman–Crippen LogP) is 1.80. The maximum absolute atomic E-state index is 12.5. The zero-order chi connectivity index (χ0) is 20.6. The third-order valence-corrected chi connectivity index (χ3v) is 5.55. The van der Waals surface area contributed by atoms with Crippen LogP contribution in [0.3, 0.4) is 0 Å². The van der Waals surface area contributed by atoms with Gasteiger partial charge in [0.05, 0.1) is 17.7 Å². The van der Waals surface area contributed by atoms with Gasteiger partial charge in [0.2, 0.25) is 5.91 Å². The van der Waals surface area contributed by atoms with Crippen LogP contribution in [-0.2, 0) is 4.79 Å². The normalized spacial score (nSPS) is 17.3. The van der Waals surface area contributed by atoms with Crippen LogP contribution in [0.2, 0.25) is 0 Å². The molecule has 0 saturated carbocycles. The molecule has 8 nitrogen and oxygen atoms in total. The van der Waals surface area contributed by atoms with Crippen LogP contribution in [-0.4, -0.2) is 47.9 Å². The van der Waals surface area contributed by atoms with Crippen molar-refractivity contribution in [2.45, 2.75) is 32.4 Å². The minimum Gasteiger partial charge on any atom is -0.466 e. The van der Waals surface area contributed by atoms with E-state index in [4.69, 9.17) is 4.42 Å². The molecular weight excluding hydrogens is 372 g/mol. The monoisotopic (exact) mass is 396 g/mol. The molecule has 2 aromatic rings. The number of rotatable bonds is 3. The standard InChI is InChI=1S/C21H24N4O4/c1-13-11-16(14(2)29-13)19(27)22-12-18(26)25-9-7-21(8-10-25)23-17-6-4-3-5-15(17)20(28)24-21/h3-6,11,23H,7-10,12H2,1-2H3,(H,22,27)(H,24,28). The lowest BCUT2D eigenvalue weighted by molar-refractivity contribution is -0.131. The maximum atomic E-state index is 12.5. The summed E-state index contributed by atoms with van der Waals surface area (Å²) in [6.45, 7) is 4.41. The fourth-order valence-corrected chi connectivity index (χ4v) is 3.97. The van der Waals surface area contributed by atoms with Gasteiger partial charge in [0.1, 0.15) is 17.2 Å². The van der Waals surface area contributed by atoms with E-state index in [9.17, 15) is 14.4 Å². The number of hydrogen-bond donors (Lipinski definition) is 3. The van der Waals surface area contributed by atoms with Gasteiger partial charge in [-0.15, -0.1) is 0 Å². The Morgan fingerprint density at radius 1 is 1.17 bits per heavy atom. The minimum absolute atomic E-state index is 0.0713. The molecule has 2 aliphatic rings. The zero-order valence-electron chi connectivity index (χ0n) is 16.5. The lowest BCUT2D eigenvalue weighted by Crippen LogP contribution is -2.63. The Bertz CT molecular complexity index is 973. The average Bonchev–Trinajstić information content (AvgIpc) is 3.04. The summed E-state index contributed by atoms with van der Waals surface area (Å²) in [5, 5.41) is 9.16. The number of furan rings is 1. The number of piperidine rings is 1. The highest BCUT2D eigenvalue weighted by atomic mass is 16.3. The molecule has 0 aliphatic carbocycles. The number of amides is 3. The summed E-state index contributed by atoms with van der Waals surface area (Å²) < 4.78 is 5.36. The zero-order valence-corrected chi connectivity index (χ0v) is 16.5. The van der Waals surface area contributed by atoms with Gasteiger partial charge in [0, 0.05) is 31.6 Å². The van der Waals surface area contributed by atoms with Crippen LogP contribution in [0.25, 0.3) is 0 Å². The quantitative estimate of drug-likeness (QED) is 0.734. The van der Waals surface area contributed by atoms with Crippen LogP contribution in [0, 0.1) is 13.8 Å². The van der Waals surface area contributed by atoms with Crippen LogP contribution in [0.15, 0.2) is 34.7 Å². The summed E-state index contributed by atoms with van der Waals surface area (Å²) in [4.78, 5) is 38.9. The number of nitrogens with one attached hydrogen (secondary N) is 3. The van der Waals surface area contributed by atoms with Gasteiger partial charge in [-0.3, -0.25) is 14.4 Å². The lowest BCUT2D eigenvalue weighted by atomic mass is 9.92. The Morgan fingerprint density at radius 3 is 2.59 bits per heavy atom. The Hall–Kier alpha value is -3.29. The number of para-hydroxylation sites is 1. The Kier molecular flexibility index (Phi) is 4.77. The van der Waals surface area contributed by atoms with E-state index >= 15 is 0 Å². The van der Waals surface area contributed by atoms with E-state index < -0.39 is 5.66 Å². The molecule has 29 heavy (non-hydrogen) atoms. The Morgan fingerprint density at radius 2 is 1.90 bits per heavy atom. The lowest BCUT2D eigenvalue weighted by Gasteiger charge is -2.45. The predicted molar refractivity (Wildman–Crippen MR) is 107 cm³/mol. The first-order valence-corrected chi connectivity index (χ1v) is 9.70. The summed E-state index contributed by atoms with van der Waals surface area (Å²) in [5.41, 5.74) is 1.34. The number of carbonyl (C=O) groups excluding carboxylic acids is 3. The second kappa shape index (κ2) is 7.27. The summed E-state index contributed by atoms with van der Waals surface area (Å²) in [7, 11) is 0. The molecule has 3 N–H and O–H groups in total. The first-order valence-electron chi connectivity index (χ1n) is 9.70. The number of hydrogen-bond acceptors (Lipinski definition) is 5. The van der Waals surface area contributed by atoms with E-state index in [0.29, 0.717) is 48.6 Å². The van der Waals surface area contributed by atoms with Gasteiger partial charge >= 0.3 is 0 Å². The maximum Gasteiger partial charge on any atom is 0.255 e. The molecule has 0 radical (unpaired) electrons. The van der Waals surface area contributed by atoms with Gasteiger partial charge < -0.3 is 25.3 Å². The third-order valence-electron chi connectivity index (χ3n) is 5.55. The highest BCUT2D eigenvalue weighted by Gasteiger charge is 2.40. The van der Waals surface area contributed by atoms with Crippen LogP contribution >= 0.6 is 0 Å². The fraction of sp³-hybridized carbons (Fsp3) is 0.381. The highest BCUT2D eigenvalue weighted by molar-refractivity contribution is 6.02. The fourth-order valence-electron chi connectivity index (χ4n) is 3.97. The van der Waals surface area contributed by atoms with Crippen molar-refractivity contribution in [2.24, 2.45) is 0 Å². The van der Waals surface area contributed by atoms with Crippen molar-refractivity contribution < 1.29 is 18.8 Å². The molecule has 1 fully saturated rings. The highest BCUT2D eigenvalue weighted by Crippen LogP contribution is 2.31. The molecule has 1 aromatic carbocycles. The molecule has 8 heteroatoms. The van der Waals surface area contributed by atoms with E-state index in [2.05, 4.69) is 16.0 Å². The molecule has 1 aromatic heterocycles. The van der Waals surface area contributed by atoms with Crippen LogP contribution in [0.5, 0.6) is 0 Å². The molecule has 2 aliphatic heterocycles. The third kappa shape index (κ3) is 3.70. The van der Waals surface area contributed by atoms with Crippen LogP contribution in [0.4, 0.5) is 5.69 Å². The molecule has 152 valence electrons. The van der Waals surface area contributed by atoms with Gasteiger partial charge in [-0.05, 0) is 32.0 Å². The van der Waals surface area contributed by atoms with Crippen molar-refractivity contribution >= 4 is 23.4 Å². The molecule has 0 unspecified atom stereocenters. The van der Waals surface area contributed by atoms with E-state index in [0.717, 1.165) is 5.69 Å². The number of benzene rings is 1. The van der Waals surface area contributed by atoms with Gasteiger partial charge in [0.15, 0.2) is 0 Å². The SMILES string of the molecule is Cc1cc(C(=O)NCC(=O)N2CCC3(CC2)NC(=O)c2ccccc2N3)c(C)o1. The van der Waals surface area contributed by atoms with Crippen molar-refractivity contribution in [1.82, 2.24) is 15.5 Å². The Balaban J connectivity index is 1.33. The molecule has 0 atom stereocenters. The van der Waals surface area contributed by atoms with Crippen LogP contribution < -0.4 is 16.0 Å². The van der Waals surface area contributed by atoms with Gasteiger partial charge in [-0.25, -0.2) is 0 Å². The van der Waals surface area contributed by atoms with Crippen molar-refractivity contribution in [3.05, 3.63) is 53.0 Å². The number of anilines is 1. The van der Waals surface area contributed by atoms with Crippen molar-refractivity contribution in [1.29, 1.82) is 0 Å². The van der Waals surface area contributed by atoms with E-state index in [1.165, 1.54) is 0 Å². The molecule has 4 rings (SSSR count). The van der Waals surface area contributed by atoms with E-state index in [-0.39, 0.29) is 24.3 Å². The number of likely N-dealkylation sites (tertiary alicyclic amines) is 1. The second-order valence-corrected chi connectivity index (χ2v) is 7.60. The summed E-state index contributed by atoms with van der Waals surface area (Å²) in [5.74, 6) is 0.625. The number of aryl methyl sites for hydroxylation is 2. The molecule has 1 saturated heterocycles. The minimum atomic E-state index is -0.545. The molecular formula is C21H24N4O4. The first kappa shape index (κ1) is 19.0. The molecule has 1 spiro atoms. The summed E-state index contributed by atoms with van der Waals surface area (Å²) in [6.07, 6.45) is 1.18. The van der Waals surface area contributed by atoms with Crippen molar-refractivity contribution in [3.63, 3.8) is 0 Å². The summed E-state index contributed by atoms with van der Waals surface area (Å²) >= 11 is 0. The second-order valence-electron chi connectivity index (χ2n) is 7.60. The van der Waals surface area contributed by atoms with E-state index in [1.54, 1.807) is 30.9 Å². The van der Waals surface area contributed by atoms with E-state index in [1.807, 2.05) is 18.2 Å². The smallest absolute Gasteiger partial charge is 0.255 e. The average molecular weight is 396 g/mol. The largest absolute Gasteiger partial charge is 0.466 e. The summed E-state index contributed by atoms with van der Waals surface area (Å²) in [6, 6.07) is 9.06. The number of fused-ring (bicyclic) bond motifs is 1. The topological polar surface area (TPSA) is 104 Å².